The number of carbonyl (C=O) groups is 1. The van der Waals surface area contributed by atoms with E-state index in [-0.39, 0.29) is 23.5 Å². The summed E-state index contributed by atoms with van der Waals surface area (Å²) in [5, 5.41) is 10.3. The molecule has 2 aromatic rings. The van der Waals surface area contributed by atoms with E-state index in [9.17, 15) is 9.90 Å². The maximum absolute atomic E-state index is 12.5. The number of carbonyl (C=O) groups excluding carboxylic acids is 1. The maximum Gasteiger partial charge on any atom is 0.168 e. The van der Waals surface area contributed by atoms with Gasteiger partial charge in [0, 0.05) is 22.5 Å². The Morgan fingerprint density at radius 1 is 1.00 bits per heavy atom. The molecule has 0 aromatic heterocycles. The molecular formula is C21H20O2S. The van der Waals surface area contributed by atoms with Gasteiger partial charge in [-0.2, -0.15) is 0 Å². The van der Waals surface area contributed by atoms with Crippen LogP contribution in [0.1, 0.15) is 11.5 Å². The first-order valence-electron chi connectivity index (χ1n) is 8.30. The summed E-state index contributed by atoms with van der Waals surface area (Å²) in [7, 11) is 0. The van der Waals surface area contributed by atoms with E-state index in [2.05, 4.69) is 30.8 Å². The van der Waals surface area contributed by atoms with E-state index in [1.54, 1.807) is 11.8 Å². The second-order valence-corrected chi connectivity index (χ2v) is 7.72. The molecule has 122 valence electrons. The lowest BCUT2D eigenvalue weighted by Crippen LogP contribution is -2.27. The topological polar surface area (TPSA) is 37.3 Å². The smallest absolute Gasteiger partial charge is 0.168 e. The third-order valence-electron chi connectivity index (χ3n) is 5.27. The van der Waals surface area contributed by atoms with Crippen molar-refractivity contribution in [2.75, 3.05) is 5.75 Å². The molecule has 2 aliphatic rings. The third kappa shape index (κ3) is 2.62. The third-order valence-corrected chi connectivity index (χ3v) is 6.39. The Hall–Kier alpha value is -1.84. The molecule has 0 amide bonds. The molecule has 2 aromatic carbocycles. The first kappa shape index (κ1) is 15.7. The maximum atomic E-state index is 12.5. The highest BCUT2D eigenvalue weighted by atomic mass is 32.2. The number of thioether (sulfide) groups is 1. The zero-order valence-corrected chi connectivity index (χ0v) is 14.2. The van der Waals surface area contributed by atoms with Gasteiger partial charge in [0.2, 0.25) is 0 Å². The molecule has 0 radical (unpaired) electrons. The van der Waals surface area contributed by atoms with Crippen LogP contribution in [0, 0.1) is 17.8 Å². The number of ketones is 1. The number of rotatable bonds is 5. The molecule has 2 fully saturated rings. The van der Waals surface area contributed by atoms with Crippen molar-refractivity contribution in [1.29, 1.82) is 0 Å². The van der Waals surface area contributed by atoms with Crippen LogP contribution in [0.3, 0.4) is 0 Å². The molecule has 2 saturated carbocycles. The van der Waals surface area contributed by atoms with Gasteiger partial charge in [-0.25, -0.2) is 0 Å². The summed E-state index contributed by atoms with van der Waals surface area (Å²) in [6.45, 7) is 4.19. The summed E-state index contributed by atoms with van der Waals surface area (Å²) in [4.78, 5) is 13.6. The van der Waals surface area contributed by atoms with Crippen LogP contribution in [0.15, 0.2) is 77.7 Å². The predicted octanol–water partition coefficient (Wildman–Crippen LogP) is 3.92. The number of fused-ring (bicyclic) bond motifs is 1. The summed E-state index contributed by atoms with van der Waals surface area (Å²) in [6.07, 6.45) is -0.830. The minimum Gasteiger partial charge on any atom is -0.385 e. The van der Waals surface area contributed by atoms with Crippen LogP contribution in [0.5, 0.6) is 0 Å². The van der Waals surface area contributed by atoms with Crippen molar-refractivity contribution < 1.29 is 9.90 Å². The van der Waals surface area contributed by atoms with E-state index < -0.39 is 6.10 Å². The molecule has 1 N–H and O–H groups in total. The molecule has 4 rings (SSSR count). The highest BCUT2D eigenvalue weighted by Crippen LogP contribution is 2.65. The zero-order chi connectivity index (χ0) is 16.7. The van der Waals surface area contributed by atoms with Crippen molar-refractivity contribution >= 4 is 17.5 Å². The lowest BCUT2D eigenvalue weighted by atomic mass is 9.89. The fourth-order valence-corrected chi connectivity index (χ4v) is 5.02. The van der Waals surface area contributed by atoms with Crippen molar-refractivity contribution in [2.45, 2.75) is 16.9 Å². The summed E-state index contributed by atoms with van der Waals surface area (Å²) < 4.78 is 0. The Kier molecular flexibility index (Phi) is 4.07. The Morgan fingerprint density at radius 3 is 2.29 bits per heavy atom. The summed E-state index contributed by atoms with van der Waals surface area (Å²) >= 11 is 1.70. The SMILES string of the molecule is C=C(CSc1ccccc1)C1C(=O)C(O)C2C(c3ccccc3)C12. The quantitative estimate of drug-likeness (QED) is 0.664. The number of hydrogen-bond acceptors (Lipinski definition) is 3. The van der Waals surface area contributed by atoms with Crippen molar-refractivity contribution in [3.63, 3.8) is 0 Å². The van der Waals surface area contributed by atoms with Gasteiger partial charge in [-0.05, 0) is 29.5 Å². The van der Waals surface area contributed by atoms with E-state index in [0.717, 1.165) is 11.3 Å². The molecule has 2 nitrogen and oxygen atoms in total. The van der Waals surface area contributed by atoms with Gasteiger partial charge in [0.15, 0.2) is 5.78 Å². The van der Waals surface area contributed by atoms with Crippen LogP contribution in [-0.4, -0.2) is 22.7 Å². The Labute approximate surface area is 146 Å². The van der Waals surface area contributed by atoms with Gasteiger partial charge in [0.1, 0.15) is 6.10 Å². The molecule has 5 atom stereocenters. The largest absolute Gasteiger partial charge is 0.385 e. The molecule has 5 unspecified atom stereocenters. The van der Waals surface area contributed by atoms with Crippen molar-refractivity contribution in [2.24, 2.45) is 17.8 Å². The lowest BCUT2D eigenvalue weighted by molar-refractivity contribution is -0.128. The number of Topliss-reactive ketones (excluding diaryl/α,β-unsaturated/α-hetero) is 1. The molecule has 0 bridgehead atoms. The van der Waals surface area contributed by atoms with Crippen LogP contribution in [0.4, 0.5) is 0 Å². The van der Waals surface area contributed by atoms with E-state index >= 15 is 0 Å². The molecule has 0 saturated heterocycles. The first-order chi connectivity index (χ1) is 11.7. The summed E-state index contributed by atoms with van der Waals surface area (Å²) in [5.41, 5.74) is 2.17. The Balaban J connectivity index is 1.48. The minimum absolute atomic E-state index is 0.0316. The van der Waals surface area contributed by atoms with Crippen molar-refractivity contribution in [3.8, 4) is 0 Å². The van der Waals surface area contributed by atoms with Gasteiger partial charge in [-0.1, -0.05) is 60.7 Å². The molecule has 3 heteroatoms. The molecule has 0 aliphatic heterocycles. The average Bonchev–Trinajstić information content (AvgIpc) is 3.29. The van der Waals surface area contributed by atoms with Crippen molar-refractivity contribution in [1.82, 2.24) is 0 Å². The highest BCUT2D eigenvalue weighted by Gasteiger charge is 2.67. The van der Waals surface area contributed by atoms with Gasteiger partial charge >= 0.3 is 0 Å². The van der Waals surface area contributed by atoms with Gasteiger partial charge in [-0.3, -0.25) is 4.79 Å². The van der Waals surface area contributed by atoms with Crippen LogP contribution in [0.25, 0.3) is 0 Å². The Morgan fingerprint density at radius 2 is 1.62 bits per heavy atom. The van der Waals surface area contributed by atoms with Gasteiger partial charge in [-0.15, -0.1) is 11.8 Å². The predicted molar refractivity (Wildman–Crippen MR) is 97.0 cm³/mol. The Bertz CT molecular complexity index is 756. The highest BCUT2D eigenvalue weighted by molar-refractivity contribution is 7.99. The molecule has 24 heavy (non-hydrogen) atoms. The van der Waals surface area contributed by atoms with Crippen LogP contribution in [-0.2, 0) is 4.79 Å². The number of benzene rings is 2. The van der Waals surface area contributed by atoms with E-state index in [0.29, 0.717) is 5.92 Å². The van der Waals surface area contributed by atoms with Crippen LogP contribution < -0.4 is 0 Å². The van der Waals surface area contributed by atoms with Crippen LogP contribution >= 0.6 is 11.8 Å². The minimum atomic E-state index is -0.830. The van der Waals surface area contributed by atoms with Crippen LogP contribution in [0.2, 0.25) is 0 Å². The van der Waals surface area contributed by atoms with E-state index in [4.69, 9.17) is 0 Å². The fourth-order valence-electron chi connectivity index (χ4n) is 4.13. The average molecular weight is 336 g/mol. The van der Waals surface area contributed by atoms with Gasteiger partial charge in [0.25, 0.3) is 0 Å². The van der Waals surface area contributed by atoms with Crippen molar-refractivity contribution in [3.05, 3.63) is 78.4 Å². The first-order valence-corrected chi connectivity index (χ1v) is 9.29. The van der Waals surface area contributed by atoms with E-state index in [1.165, 1.54) is 10.5 Å². The van der Waals surface area contributed by atoms with Gasteiger partial charge in [0.05, 0.1) is 0 Å². The molecule has 0 heterocycles. The zero-order valence-electron chi connectivity index (χ0n) is 13.3. The molecular weight excluding hydrogens is 316 g/mol. The summed E-state index contributed by atoms with van der Waals surface area (Å²) in [6, 6.07) is 20.4. The number of aliphatic hydroxyl groups is 1. The van der Waals surface area contributed by atoms with E-state index in [1.807, 2.05) is 36.4 Å². The monoisotopic (exact) mass is 336 g/mol. The van der Waals surface area contributed by atoms with Gasteiger partial charge < -0.3 is 5.11 Å². The molecule has 2 aliphatic carbocycles. The normalized spacial score (nSPS) is 30.9. The fraction of sp³-hybridized carbons (Fsp3) is 0.286. The second kappa shape index (κ2) is 6.23. The lowest BCUT2D eigenvalue weighted by Gasteiger charge is -2.18. The molecule has 0 spiro atoms. The summed E-state index contributed by atoms with van der Waals surface area (Å²) in [5.74, 6) is 1.07. The standard InChI is InChI=1S/C21H20O2S/c1-13(12-24-15-10-6-3-7-11-15)16-18-17(14-8-4-2-5-9-14)19(18)21(23)20(16)22/h2-11,16-19,21,23H,1,12H2. The number of aliphatic hydroxyl groups excluding tert-OH is 1. The second-order valence-electron chi connectivity index (χ2n) is 6.68. The number of hydrogen-bond donors (Lipinski definition) is 1.